The third-order valence-corrected chi connectivity index (χ3v) is 4.38. The number of hydrogen-bond donors (Lipinski definition) is 0. The summed E-state index contributed by atoms with van der Waals surface area (Å²) in [4.78, 5) is 0. The highest BCUT2D eigenvalue weighted by atomic mass is 35.5. The van der Waals surface area contributed by atoms with Gasteiger partial charge in [-0.15, -0.1) is 23.2 Å². The van der Waals surface area contributed by atoms with Crippen LogP contribution in [-0.4, -0.2) is 10.8 Å². The van der Waals surface area contributed by atoms with E-state index in [0.717, 1.165) is 6.42 Å². The molecule has 0 spiro atoms. The van der Waals surface area contributed by atoms with Crippen LogP contribution in [0.1, 0.15) is 29.4 Å². The molecule has 0 aliphatic heterocycles. The van der Waals surface area contributed by atoms with Gasteiger partial charge in [-0.25, -0.2) is 0 Å². The molecule has 13 heavy (non-hydrogen) atoms. The molecule has 2 heteroatoms. The van der Waals surface area contributed by atoms with E-state index in [4.69, 9.17) is 23.2 Å². The van der Waals surface area contributed by atoms with Gasteiger partial charge in [0.1, 0.15) is 0 Å². The number of benzene rings is 1. The van der Waals surface area contributed by atoms with Crippen LogP contribution in [0.5, 0.6) is 0 Å². The van der Waals surface area contributed by atoms with Crippen molar-refractivity contribution in [3.63, 3.8) is 0 Å². The first-order valence-corrected chi connectivity index (χ1v) is 5.53. The quantitative estimate of drug-likeness (QED) is 0.578. The lowest BCUT2D eigenvalue weighted by Gasteiger charge is -2.18. The molecule has 0 aromatic heterocycles. The van der Waals surface area contributed by atoms with Crippen LogP contribution in [0.15, 0.2) is 24.3 Å². The zero-order chi connectivity index (χ0) is 9.00. The first-order valence-electron chi connectivity index (χ1n) is 4.66. The first-order chi connectivity index (χ1) is 6.29. The number of fused-ring (bicyclic) bond motifs is 5. The van der Waals surface area contributed by atoms with Gasteiger partial charge in [-0.2, -0.15) is 0 Å². The molecule has 0 nitrogen and oxygen atoms in total. The van der Waals surface area contributed by atoms with Gasteiger partial charge in [0.05, 0.1) is 0 Å². The maximum atomic E-state index is 6.35. The van der Waals surface area contributed by atoms with Crippen LogP contribution < -0.4 is 0 Å². The third kappa shape index (κ3) is 0.936. The summed E-state index contributed by atoms with van der Waals surface area (Å²) >= 11 is 12.6. The molecule has 4 atom stereocenters. The maximum Gasteiger partial charge on any atom is 0.0488 e. The highest BCUT2D eigenvalue weighted by Gasteiger charge is 2.49. The van der Waals surface area contributed by atoms with E-state index >= 15 is 0 Å². The summed E-state index contributed by atoms with van der Waals surface area (Å²) in [7, 11) is 0. The van der Waals surface area contributed by atoms with E-state index in [1.807, 2.05) is 0 Å². The molecule has 0 N–H and O–H groups in total. The predicted molar refractivity (Wildman–Crippen MR) is 55.8 cm³/mol. The molecule has 1 unspecified atom stereocenters. The second-order valence-corrected chi connectivity index (χ2v) is 5.02. The second kappa shape index (κ2) is 2.65. The molecular formula is C11H10Cl2. The summed E-state index contributed by atoms with van der Waals surface area (Å²) in [6, 6.07) is 8.53. The van der Waals surface area contributed by atoms with Crippen LogP contribution in [0.2, 0.25) is 0 Å². The Labute approximate surface area is 87.9 Å². The average Bonchev–Trinajstić information content (AvgIpc) is 2.56. The van der Waals surface area contributed by atoms with Gasteiger partial charge in [0.15, 0.2) is 0 Å². The highest BCUT2D eigenvalue weighted by Crippen LogP contribution is 2.57. The van der Waals surface area contributed by atoms with E-state index in [0.29, 0.717) is 11.8 Å². The topological polar surface area (TPSA) is 0 Å². The van der Waals surface area contributed by atoms with Gasteiger partial charge >= 0.3 is 0 Å². The van der Waals surface area contributed by atoms with Crippen molar-refractivity contribution in [1.29, 1.82) is 0 Å². The lowest BCUT2D eigenvalue weighted by atomic mass is 9.92. The Morgan fingerprint density at radius 2 is 1.77 bits per heavy atom. The fourth-order valence-electron chi connectivity index (χ4n) is 2.79. The lowest BCUT2D eigenvalue weighted by molar-refractivity contribution is 0.726. The fourth-order valence-corrected chi connectivity index (χ4v) is 3.89. The van der Waals surface area contributed by atoms with E-state index in [2.05, 4.69) is 24.3 Å². The summed E-state index contributed by atoms with van der Waals surface area (Å²) < 4.78 is 0. The summed E-state index contributed by atoms with van der Waals surface area (Å²) in [5.74, 6) is 0.898. The van der Waals surface area contributed by atoms with E-state index in [-0.39, 0.29) is 10.8 Å². The van der Waals surface area contributed by atoms with Gasteiger partial charge in [-0.05, 0) is 17.5 Å². The third-order valence-electron chi connectivity index (χ3n) is 3.35. The maximum absolute atomic E-state index is 6.35. The molecule has 68 valence electrons. The van der Waals surface area contributed by atoms with E-state index < -0.39 is 0 Å². The second-order valence-electron chi connectivity index (χ2n) is 3.96. The van der Waals surface area contributed by atoms with Gasteiger partial charge in [0.25, 0.3) is 0 Å². The van der Waals surface area contributed by atoms with Crippen LogP contribution >= 0.6 is 23.2 Å². The SMILES string of the molecule is ClC1[C@H]2c3ccccc3[C@@H]1C[C@@H]2Cl. The van der Waals surface area contributed by atoms with E-state index in [1.165, 1.54) is 11.1 Å². The van der Waals surface area contributed by atoms with Crippen LogP contribution in [0.25, 0.3) is 0 Å². The Morgan fingerprint density at radius 3 is 2.54 bits per heavy atom. The van der Waals surface area contributed by atoms with Crippen LogP contribution in [0.4, 0.5) is 0 Å². The largest absolute Gasteiger partial charge is 0.122 e. The van der Waals surface area contributed by atoms with Crippen molar-refractivity contribution in [3.05, 3.63) is 35.4 Å². The molecule has 0 heterocycles. The molecule has 2 aliphatic carbocycles. The molecule has 2 aliphatic rings. The van der Waals surface area contributed by atoms with Gasteiger partial charge < -0.3 is 0 Å². The van der Waals surface area contributed by atoms with Crippen LogP contribution in [0, 0.1) is 0 Å². The van der Waals surface area contributed by atoms with Crippen molar-refractivity contribution in [2.75, 3.05) is 0 Å². The minimum Gasteiger partial charge on any atom is -0.122 e. The Hall–Kier alpha value is -0.200. The minimum absolute atomic E-state index is 0.236. The Morgan fingerprint density at radius 1 is 1.08 bits per heavy atom. The normalized spacial score (nSPS) is 40.8. The Bertz CT molecular complexity index is 348. The number of hydrogen-bond acceptors (Lipinski definition) is 0. The molecule has 2 bridgehead atoms. The summed E-state index contributed by atoms with van der Waals surface area (Å²) in [6.07, 6.45) is 1.05. The zero-order valence-corrected chi connectivity index (χ0v) is 8.59. The first kappa shape index (κ1) is 8.14. The number of rotatable bonds is 0. The van der Waals surface area contributed by atoms with Crippen LogP contribution in [0.3, 0.4) is 0 Å². The van der Waals surface area contributed by atoms with Crippen LogP contribution in [-0.2, 0) is 0 Å². The zero-order valence-electron chi connectivity index (χ0n) is 7.08. The number of halogens is 2. The van der Waals surface area contributed by atoms with Gasteiger partial charge in [0.2, 0.25) is 0 Å². The smallest absolute Gasteiger partial charge is 0.0488 e. The summed E-state index contributed by atoms with van der Waals surface area (Å²) in [5, 5.41) is 0.488. The minimum atomic E-state index is 0.236. The van der Waals surface area contributed by atoms with Gasteiger partial charge in [0, 0.05) is 22.6 Å². The molecule has 1 fully saturated rings. The molecule has 3 rings (SSSR count). The van der Waals surface area contributed by atoms with E-state index in [9.17, 15) is 0 Å². The van der Waals surface area contributed by atoms with Crippen molar-refractivity contribution < 1.29 is 0 Å². The molecule has 0 saturated heterocycles. The fraction of sp³-hybridized carbons (Fsp3) is 0.455. The Kier molecular flexibility index (Phi) is 1.66. The van der Waals surface area contributed by atoms with E-state index in [1.54, 1.807) is 0 Å². The lowest BCUT2D eigenvalue weighted by Crippen LogP contribution is -2.10. The highest BCUT2D eigenvalue weighted by molar-refractivity contribution is 6.26. The molecule has 0 radical (unpaired) electrons. The molecule has 1 saturated carbocycles. The summed E-state index contributed by atoms with van der Waals surface area (Å²) in [5.41, 5.74) is 2.82. The van der Waals surface area contributed by atoms with Crippen molar-refractivity contribution >= 4 is 23.2 Å². The Balaban J connectivity index is 2.18. The number of alkyl halides is 2. The van der Waals surface area contributed by atoms with Crippen molar-refractivity contribution in [3.8, 4) is 0 Å². The predicted octanol–water partition coefficient (Wildman–Crippen LogP) is 3.49. The molecule has 1 aromatic carbocycles. The van der Waals surface area contributed by atoms with Crippen molar-refractivity contribution in [2.24, 2.45) is 0 Å². The van der Waals surface area contributed by atoms with Crippen molar-refractivity contribution in [1.82, 2.24) is 0 Å². The molecule has 0 amide bonds. The van der Waals surface area contributed by atoms with Crippen molar-refractivity contribution in [2.45, 2.75) is 29.0 Å². The molecular weight excluding hydrogens is 203 g/mol. The standard InChI is InChI=1S/C11H10Cl2/c12-9-5-8-6-3-1-2-4-7(6)10(9)11(8)13/h1-4,8-11H,5H2/t8-,9-,10-,11?/m0/s1. The van der Waals surface area contributed by atoms with Gasteiger partial charge in [-0.3, -0.25) is 0 Å². The molecule has 1 aromatic rings. The van der Waals surface area contributed by atoms with Gasteiger partial charge in [-0.1, -0.05) is 24.3 Å². The summed E-state index contributed by atoms with van der Waals surface area (Å²) in [6.45, 7) is 0. The average molecular weight is 213 g/mol. The monoisotopic (exact) mass is 212 g/mol.